The second-order valence-corrected chi connectivity index (χ2v) is 6.56. The predicted octanol–water partition coefficient (Wildman–Crippen LogP) is 3.14. The Morgan fingerprint density at radius 1 is 1.53 bits per heavy atom. The van der Waals surface area contributed by atoms with Gasteiger partial charge in [-0.3, -0.25) is 0 Å². The van der Waals surface area contributed by atoms with Crippen molar-refractivity contribution in [1.29, 1.82) is 0 Å². The SMILES string of the molecule is Cc1ccc(CC(C)NC2CCOC(C)C2)s1. The van der Waals surface area contributed by atoms with E-state index in [1.807, 2.05) is 11.3 Å². The van der Waals surface area contributed by atoms with Gasteiger partial charge in [0.1, 0.15) is 0 Å². The van der Waals surface area contributed by atoms with E-state index in [0.717, 1.165) is 25.9 Å². The van der Waals surface area contributed by atoms with Gasteiger partial charge in [-0.25, -0.2) is 0 Å². The zero-order valence-electron chi connectivity index (χ0n) is 11.0. The Morgan fingerprint density at radius 2 is 2.35 bits per heavy atom. The number of aryl methyl sites for hydroxylation is 1. The van der Waals surface area contributed by atoms with Crippen molar-refractivity contribution in [2.24, 2.45) is 0 Å². The number of hydrogen-bond acceptors (Lipinski definition) is 3. The first-order valence-electron chi connectivity index (χ1n) is 6.56. The van der Waals surface area contributed by atoms with Gasteiger partial charge in [0.05, 0.1) is 6.10 Å². The Balaban J connectivity index is 1.78. The van der Waals surface area contributed by atoms with E-state index in [1.165, 1.54) is 9.75 Å². The van der Waals surface area contributed by atoms with Crippen LogP contribution in [0.4, 0.5) is 0 Å². The monoisotopic (exact) mass is 253 g/mol. The highest BCUT2D eigenvalue weighted by Gasteiger charge is 2.20. The average molecular weight is 253 g/mol. The van der Waals surface area contributed by atoms with E-state index in [2.05, 4.69) is 38.2 Å². The molecule has 1 aromatic heterocycles. The van der Waals surface area contributed by atoms with Gasteiger partial charge in [-0.1, -0.05) is 0 Å². The third-order valence-electron chi connectivity index (χ3n) is 3.31. The van der Waals surface area contributed by atoms with E-state index in [0.29, 0.717) is 18.2 Å². The molecular weight excluding hydrogens is 230 g/mol. The summed E-state index contributed by atoms with van der Waals surface area (Å²) >= 11 is 1.91. The Kier molecular flexibility index (Phi) is 4.60. The average Bonchev–Trinajstić information content (AvgIpc) is 2.63. The fourth-order valence-electron chi connectivity index (χ4n) is 2.51. The minimum absolute atomic E-state index is 0.414. The Hall–Kier alpha value is -0.380. The maximum atomic E-state index is 5.57. The van der Waals surface area contributed by atoms with Gasteiger partial charge in [-0.15, -0.1) is 11.3 Å². The molecule has 1 fully saturated rings. The molecule has 2 nitrogen and oxygen atoms in total. The van der Waals surface area contributed by atoms with Crippen molar-refractivity contribution >= 4 is 11.3 Å². The van der Waals surface area contributed by atoms with E-state index in [1.54, 1.807) is 0 Å². The molecule has 0 saturated carbocycles. The molecule has 1 aliphatic heterocycles. The van der Waals surface area contributed by atoms with Crippen LogP contribution >= 0.6 is 11.3 Å². The highest BCUT2D eigenvalue weighted by atomic mass is 32.1. The fourth-order valence-corrected chi connectivity index (χ4v) is 3.53. The second-order valence-electron chi connectivity index (χ2n) is 5.19. The van der Waals surface area contributed by atoms with E-state index in [-0.39, 0.29) is 0 Å². The molecule has 2 heterocycles. The molecule has 2 rings (SSSR count). The van der Waals surface area contributed by atoms with Gasteiger partial charge in [-0.2, -0.15) is 0 Å². The van der Waals surface area contributed by atoms with E-state index < -0.39 is 0 Å². The first-order valence-corrected chi connectivity index (χ1v) is 7.38. The van der Waals surface area contributed by atoms with Crippen LogP contribution in [0.25, 0.3) is 0 Å². The normalized spacial score (nSPS) is 27.0. The van der Waals surface area contributed by atoms with E-state index >= 15 is 0 Å². The molecule has 0 aromatic carbocycles. The third-order valence-corrected chi connectivity index (χ3v) is 4.33. The molecule has 1 saturated heterocycles. The van der Waals surface area contributed by atoms with Gasteiger partial charge >= 0.3 is 0 Å². The molecule has 1 aliphatic rings. The molecule has 3 heteroatoms. The van der Waals surface area contributed by atoms with Crippen LogP contribution in [-0.4, -0.2) is 24.8 Å². The number of thiophene rings is 1. The van der Waals surface area contributed by atoms with Crippen LogP contribution < -0.4 is 5.32 Å². The van der Waals surface area contributed by atoms with Crippen molar-refractivity contribution in [3.8, 4) is 0 Å². The van der Waals surface area contributed by atoms with Gasteiger partial charge in [0.2, 0.25) is 0 Å². The Bertz CT molecular complexity index is 350. The van der Waals surface area contributed by atoms with Crippen LogP contribution in [0, 0.1) is 6.92 Å². The largest absolute Gasteiger partial charge is 0.378 e. The highest BCUT2D eigenvalue weighted by Crippen LogP contribution is 2.18. The maximum Gasteiger partial charge on any atom is 0.0561 e. The first-order chi connectivity index (χ1) is 8.13. The summed E-state index contributed by atoms with van der Waals surface area (Å²) in [6.07, 6.45) is 3.85. The number of hydrogen-bond donors (Lipinski definition) is 1. The number of nitrogens with one attached hydrogen (secondary N) is 1. The van der Waals surface area contributed by atoms with Crippen molar-refractivity contribution in [2.45, 2.75) is 58.2 Å². The van der Waals surface area contributed by atoms with Gasteiger partial charge in [-0.05, 0) is 52.2 Å². The molecule has 0 radical (unpaired) electrons. The summed E-state index contributed by atoms with van der Waals surface area (Å²) in [5.74, 6) is 0. The van der Waals surface area contributed by atoms with Crippen molar-refractivity contribution in [2.75, 3.05) is 6.61 Å². The summed E-state index contributed by atoms with van der Waals surface area (Å²) in [4.78, 5) is 2.90. The lowest BCUT2D eigenvalue weighted by Crippen LogP contribution is -2.43. The van der Waals surface area contributed by atoms with Crippen molar-refractivity contribution < 1.29 is 4.74 Å². The molecule has 17 heavy (non-hydrogen) atoms. The van der Waals surface area contributed by atoms with E-state index in [9.17, 15) is 0 Å². The van der Waals surface area contributed by atoms with Crippen LogP contribution in [-0.2, 0) is 11.2 Å². The smallest absolute Gasteiger partial charge is 0.0561 e. The van der Waals surface area contributed by atoms with Crippen LogP contribution in [0.2, 0.25) is 0 Å². The van der Waals surface area contributed by atoms with Gasteiger partial charge < -0.3 is 10.1 Å². The molecule has 0 aliphatic carbocycles. The lowest BCUT2D eigenvalue weighted by molar-refractivity contribution is 0.0117. The molecule has 96 valence electrons. The Morgan fingerprint density at radius 3 is 3.00 bits per heavy atom. The molecular formula is C14H23NOS. The standard InChI is InChI=1S/C14H23NOS/c1-10(8-14-5-4-12(3)17-14)15-13-6-7-16-11(2)9-13/h4-5,10-11,13,15H,6-9H2,1-3H3. The topological polar surface area (TPSA) is 21.3 Å². The zero-order valence-corrected chi connectivity index (χ0v) is 11.8. The van der Waals surface area contributed by atoms with Gasteiger partial charge in [0, 0.05) is 28.4 Å². The molecule has 0 spiro atoms. The summed E-state index contributed by atoms with van der Waals surface area (Å²) < 4.78 is 5.57. The molecule has 0 amide bonds. The number of ether oxygens (including phenoxy) is 1. The van der Waals surface area contributed by atoms with Crippen LogP contribution in [0.3, 0.4) is 0 Å². The minimum Gasteiger partial charge on any atom is -0.378 e. The summed E-state index contributed by atoms with van der Waals surface area (Å²) in [6, 6.07) is 5.66. The lowest BCUT2D eigenvalue weighted by atomic mass is 10.0. The summed E-state index contributed by atoms with van der Waals surface area (Å²) in [5, 5.41) is 3.73. The minimum atomic E-state index is 0.414. The lowest BCUT2D eigenvalue weighted by Gasteiger charge is -2.30. The van der Waals surface area contributed by atoms with E-state index in [4.69, 9.17) is 4.74 Å². The Labute approximate surface area is 108 Å². The molecule has 1 N–H and O–H groups in total. The zero-order chi connectivity index (χ0) is 12.3. The molecule has 0 bridgehead atoms. The summed E-state index contributed by atoms with van der Waals surface area (Å²) in [5.41, 5.74) is 0. The van der Waals surface area contributed by atoms with Crippen LogP contribution in [0.5, 0.6) is 0 Å². The summed E-state index contributed by atoms with van der Waals surface area (Å²) in [7, 11) is 0. The van der Waals surface area contributed by atoms with Gasteiger partial charge in [0.15, 0.2) is 0 Å². The maximum absolute atomic E-state index is 5.57. The van der Waals surface area contributed by atoms with Gasteiger partial charge in [0.25, 0.3) is 0 Å². The second kappa shape index (κ2) is 5.98. The predicted molar refractivity (Wildman–Crippen MR) is 73.8 cm³/mol. The van der Waals surface area contributed by atoms with Crippen molar-refractivity contribution in [1.82, 2.24) is 5.32 Å². The molecule has 3 unspecified atom stereocenters. The molecule has 3 atom stereocenters. The third kappa shape index (κ3) is 4.09. The highest BCUT2D eigenvalue weighted by molar-refractivity contribution is 7.11. The van der Waals surface area contributed by atoms with Crippen molar-refractivity contribution in [3.63, 3.8) is 0 Å². The fraction of sp³-hybridized carbons (Fsp3) is 0.714. The quantitative estimate of drug-likeness (QED) is 0.890. The molecule has 1 aromatic rings. The van der Waals surface area contributed by atoms with Crippen molar-refractivity contribution in [3.05, 3.63) is 21.9 Å². The van der Waals surface area contributed by atoms with Crippen LogP contribution in [0.15, 0.2) is 12.1 Å². The summed E-state index contributed by atoms with van der Waals surface area (Å²) in [6.45, 7) is 7.53. The number of rotatable bonds is 4. The first kappa shape index (κ1) is 13.1. The van der Waals surface area contributed by atoms with Crippen LogP contribution in [0.1, 0.15) is 36.4 Å².